The van der Waals surface area contributed by atoms with Gasteiger partial charge in [-0.05, 0) is 47.7 Å². The molecule has 2 aromatic carbocycles. The van der Waals surface area contributed by atoms with Gasteiger partial charge >= 0.3 is 6.18 Å². The highest BCUT2D eigenvalue weighted by atomic mass is 35.5. The molecule has 1 N–H and O–H groups in total. The third-order valence-electron chi connectivity index (χ3n) is 5.07. The summed E-state index contributed by atoms with van der Waals surface area (Å²) in [5, 5.41) is 11.7. The molecule has 0 spiro atoms. The van der Waals surface area contributed by atoms with Crippen molar-refractivity contribution in [3.05, 3.63) is 87.9 Å². The zero-order valence-electron chi connectivity index (χ0n) is 15.9. The minimum atomic E-state index is -4.79. The van der Waals surface area contributed by atoms with Crippen LogP contribution in [-0.2, 0) is 12.0 Å². The molecular weight excluding hydrogens is 431 g/mol. The standard InChI is InChI=1S/C23H17ClF3NOS/c1-22(29,23(25,26)27)16-9-10-28-20(13-16)18-7-4-6-15-12-17(30-21(15)18)11-14-5-2-3-8-19(14)24/h2-10,12-13,29H,11H2,1H3/t22-/m0/s1. The monoisotopic (exact) mass is 447 g/mol. The van der Waals surface area contributed by atoms with Crippen molar-refractivity contribution in [3.63, 3.8) is 0 Å². The summed E-state index contributed by atoms with van der Waals surface area (Å²) in [6.07, 6.45) is -2.83. The van der Waals surface area contributed by atoms with Gasteiger partial charge in [0.25, 0.3) is 0 Å². The number of aliphatic hydroxyl groups is 1. The summed E-state index contributed by atoms with van der Waals surface area (Å²) in [5.74, 6) is 0. The first-order valence-corrected chi connectivity index (χ1v) is 10.4. The van der Waals surface area contributed by atoms with Crippen LogP contribution in [0.4, 0.5) is 13.2 Å². The summed E-state index contributed by atoms with van der Waals surface area (Å²) < 4.78 is 40.7. The van der Waals surface area contributed by atoms with E-state index < -0.39 is 11.8 Å². The third-order valence-corrected chi connectivity index (χ3v) is 6.62. The van der Waals surface area contributed by atoms with Crippen LogP contribution < -0.4 is 0 Å². The Labute approximate surface area is 180 Å². The number of hydrogen-bond acceptors (Lipinski definition) is 3. The van der Waals surface area contributed by atoms with Gasteiger partial charge in [0.05, 0.1) is 5.69 Å². The van der Waals surface area contributed by atoms with Crippen molar-refractivity contribution in [2.24, 2.45) is 0 Å². The van der Waals surface area contributed by atoms with Crippen LogP contribution in [0.15, 0.2) is 66.9 Å². The molecule has 4 aromatic rings. The fourth-order valence-corrected chi connectivity index (χ4v) is 4.68. The first-order chi connectivity index (χ1) is 14.2. The number of nitrogens with zero attached hydrogens (tertiary/aromatic N) is 1. The van der Waals surface area contributed by atoms with E-state index >= 15 is 0 Å². The van der Waals surface area contributed by atoms with E-state index in [0.717, 1.165) is 33.0 Å². The lowest BCUT2D eigenvalue weighted by molar-refractivity contribution is -0.258. The lowest BCUT2D eigenvalue weighted by atomic mass is 9.94. The predicted molar refractivity (Wildman–Crippen MR) is 115 cm³/mol. The molecule has 0 saturated carbocycles. The number of pyridine rings is 1. The van der Waals surface area contributed by atoms with Crippen molar-refractivity contribution >= 4 is 33.0 Å². The predicted octanol–water partition coefficient (Wildman–Crippen LogP) is 6.98. The molecular formula is C23H17ClF3NOS. The fraction of sp³-hybridized carbons (Fsp3) is 0.174. The molecule has 0 radical (unpaired) electrons. The van der Waals surface area contributed by atoms with E-state index in [1.54, 1.807) is 11.3 Å². The molecule has 2 nitrogen and oxygen atoms in total. The van der Waals surface area contributed by atoms with Crippen LogP contribution in [0.5, 0.6) is 0 Å². The minimum absolute atomic E-state index is 0.246. The number of fused-ring (bicyclic) bond motifs is 1. The highest BCUT2D eigenvalue weighted by molar-refractivity contribution is 7.19. The first-order valence-electron chi connectivity index (χ1n) is 9.17. The van der Waals surface area contributed by atoms with Gasteiger partial charge in [-0.3, -0.25) is 4.98 Å². The Balaban J connectivity index is 1.76. The molecule has 0 unspecified atom stereocenters. The number of aromatic nitrogens is 1. The van der Waals surface area contributed by atoms with Gasteiger partial charge in [0.1, 0.15) is 0 Å². The van der Waals surface area contributed by atoms with Crippen LogP contribution in [0.1, 0.15) is 22.9 Å². The normalized spacial score (nSPS) is 14.1. The van der Waals surface area contributed by atoms with Crippen molar-refractivity contribution in [2.75, 3.05) is 0 Å². The minimum Gasteiger partial charge on any atom is -0.376 e. The molecule has 2 heterocycles. The Morgan fingerprint density at radius 2 is 1.80 bits per heavy atom. The van der Waals surface area contributed by atoms with Gasteiger partial charge in [0, 0.05) is 32.8 Å². The fourth-order valence-electron chi connectivity index (χ4n) is 3.28. The molecule has 4 rings (SSSR count). The number of benzene rings is 2. The zero-order valence-corrected chi connectivity index (χ0v) is 17.4. The van der Waals surface area contributed by atoms with Gasteiger partial charge in [-0.25, -0.2) is 0 Å². The second-order valence-electron chi connectivity index (χ2n) is 7.20. The summed E-state index contributed by atoms with van der Waals surface area (Å²) >= 11 is 7.83. The molecule has 7 heteroatoms. The average Bonchev–Trinajstić information content (AvgIpc) is 3.11. The van der Waals surface area contributed by atoms with Crippen LogP contribution in [0.3, 0.4) is 0 Å². The zero-order chi connectivity index (χ0) is 21.5. The maximum atomic E-state index is 13.3. The Bertz CT molecular complexity index is 1220. The van der Waals surface area contributed by atoms with Gasteiger partial charge < -0.3 is 5.11 Å². The molecule has 0 saturated heterocycles. The lowest BCUT2D eigenvalue weighted by Gasteiger charge is -2.26. The largest absolute Gasteiger partial charge is 0.421 e. The maximum Gasteiger partial charge on any atom is 0.421 e. The van der Waals surface area contributed by atoms with Gasteiger partial charge in [0.2, 0.25) is 0 Å². The number of halogens is 4. The van der Waals surface area contributed by atoms with E-state index in [9.17, 15) is 18.3 Å². The Morgan fingerprint density at radius 1 is 1.03 bits per heavy atom. The molecule has 0 fully saturated rings. The van der Waals surface area contributed by atoms with Crippen LogP contribution >= 0.6 is 22.9 Å². The van der Waals surface area contributed by atoms with Gasteiger partial charge in [0.15, 0.2) is 5.60 Å². The molecule has 0 amide bonds. The quantitative estimate of drug-likeness (QED) is 0.366. The average molecular weight is 448 g/mol. The summed E-state index contributed by atoms with van der Waals surface area (Å²) in [5.41, 5.74) is -1.08. The van der Waals surface area contributed by atoms with Crippen LogP contribution in [0.2, 0.25) is 5.02 Å². The van der Waals surface area contributed by atoms with Crippen molar-refractivity contribution in [1.29, 1.82) is 0 Å². The topological polar surface area (TPSA) is 33.1 Å². The number of thiophene rings is 1. The van der Waals surface area contributed by atoms with Crippen molar-refractivity contribution in [3.8, 4) is 11.3 Å². The highest BCUT2D eigenvalue weighted by Crippen LogP contribution is 2.41. The van der Waals surface area contributed by atoms with Crippen LogP contribution in [0, 0.1) is 0 Å². The smallest absolute Gasteiger partial charge is 0.376 e. The van der Waals surface area contributed by atoms with Crippen molar-refractivity contribution in [1.82, 2.24) is 4.98 Å². The van der Waals surface area contributed by atoms with E-state index in [0.29, 0.717) is 17.1 Å². The number of rotatable bonds is 4. The second-order valence-corrected chi connectivity index (χ2v) is 8.75. The van der Waals surface area contributed by atoms with Gasteiger partial charge in [-0.15, -0.1) is 11.3 Å². The number of hydrogen-bond donors (Lipinski definition) is 1. The van der Waals surface area contributed by atoms with E-state index in [4.69, 9.17) is 11.6 Å². The Hall–Kier alpha value is -2.41. The van der Waals surface area contributed by atoms with Crippen LogP contribution in [0.25, 0.3) is 21.3 Å². The summed E-state index contributed by atoms with van der Waals surface area (Å²) in [6, 6.07) is 17.8. The molecule has 0 aliphatic rings. The third kappa shape index (κ3) is 3.83. The molecule has 0 aliphatic heterocycles. The second kappa shape index (κ2) is 7.69. The van der Waals surface area contributed by atoms with E-state index in [1.807, 2.05) is 42.5 Å². The van der Waals surface area contributed by atoms with Crippen LogP contribution in [-0.4, -0.2) is 16.3 Å². The molecule has 154 valence electrons. The van der Waals surface area contributed by atoms with Crippen molar-refractivity contribution < 1.29 is 18.3 Å². The number of alkyl halides is 3. The molecule has 1 atom stereocenters. The summed E-state index contributed by atoms with van der Waals surface area (Å²) in [6.45, 7) is 0.750. The van der Waals surface area contributed by atoms with E-state index in [-0.39, 0.29) is 5.56 Å². The Morgan fingerprint density at radius 3 is 2.53 bits per heavy atom. The summed E-state index contributed by atoms with van der Waals surface area (Å²) in [4.78, 5) is 5.36. The first kappa shape index (κ1) is 20.8. The molecule has 0 bridgehead atoms. The highest BCUT2D eigenvalue weighted by Gasteiger charge is 2.51. The summed E-state index contributed by atoms with van der Waals surface area (Å²) in [7, 11) is 0. The van der Waals surface area contributed by atoms with Gasteiger partial charge in [-0.2, -0.15) is 13.2 Å². The van der Waals surface area contributed by atoms with Crippen molar-refractivity contribution in [2.45, 2.75) is 25.1 Å². The Kier molecular flexibility index (Phi) is 5.34. The SMILES string of the molecule is C[C@](O)(c1ccnc(-c2cccc3cc(Cc4ccccc4Cl)sc23)c1)C(F)(F)F. The van der Waals surface area contributed by atoms with Gasteiger partial charge in [-0.1, -0.05) is 48.0 Å². The molecule has 2 aromatic heterocycles. The molecule has 30 heavy (non-hydrogen) atoms. The molecule has 0 aliphatic carbocycles. The van der Waals surface area contributed by atoms with E-state index in [1.165, 1.54) is 18.3 Å². The van der Waals surface area contributed by atoms with E-state index in [2.05, 4.69) is 11.1 Å². The maximum absolute atomic E-state index is 13.3. The lowest BCUT2D eigenvalue weighted by Crippen LogP contribution is -2.39.